The molecule has 1 aromatic heterocycles. The average Bonchev–Trinajstić information content (AvgIpc) is 2.46. The lowest BCUT2D eigenvalue weighted by atomic mass is 10.2. The molecule has 4 nitrogen and oxygen atoms in total. The van der Waals surface area contributed by atoms with Crippen LogP contribution in [0.1, 0.15) is 12.6 Å². The summed E-state index contributed by atoms with van der Waals surface area (Å²) >= 11 is 13.1. The van der Waals surface area contributed by atoms with Gasteiger partial charge in [0, 0.05) is 28.7 Å². The van der Waals surface area contributed by atoms with Crippen LogP contribution >= 0.6 is 43.5 Å². The second kappa shape index (κ2) is 7.54. The molecule has 0 aliphatic heterocycles. The van der Waals surface area contributed by atoms with Gasteiger partial charge in [-0.05, 0) is 41.1 Å². The molecular formula is C14H14Br2ClN3O. The molecule has 0 fully saturated rings. The van der Waals surface area contributed by atoms with Crippen molar-refractivity contribution in [3.8, 4) is 11.4 Å². The van der Waals surface area contributed by atoms with E-state index in [2.05, 4.69) is 47.1 Å². The van der Waals surface area contributed by atoms with Crippen LogP contribution in [0.25, 0.3) is 11.4 Å². The zero-order valence-corrected chi connectivity index (χ0v) is 15.5. The molecular weight excluding hydrogens is 421 g/mol. The molecule has 0 bridgehead atoms. The van der Waals surface area contributed by atoms with Gasteiger partial charge in [-0.15, -0.1) is 0 Å². The van der Waals surface area contributed by atoms with Crippen molar-refractivity contribution in [2.45, 2.75) is 13.5 Å². The Kier molecular flexibility index (Phi) is 5.98. The molecule has 0 amide bonds. The molecule has 0 aliphatic rings. The number of halogens is 3. The number of hydrogen-bond donors (Lipinski definition) is 1. The minimum atomic E-state index is 0.396. The second-order valence-corrected chi connectivity index (χ2v) is 6.33. The molecule has 0 spiro atoms. The summed E-state index contributed by atoms with van der Waals surface area (Å²) in [6.07, 6.45) is 0. The molecule has 112 valence electrons. The molecule has 0 saturated carbocycles. The molecule has 0 unspecified atom stereocenters. The molecule has 2 rings (SSSR count). The van der Waals surface area contributed by atoms with E-state index in [1.807, 2.05) is 25.1 Å². The van der Waals surface area contributed by atoms with E-state index >= 15 is 0 Å². The minimum Gasteiger partial charge on any atom is -0.378 e. The van der Waals surface area contributed by atoms with Crippen molar-refractivity contribution in [1.29, 1.82) is 0 Å². The first-order valence-corrected chi connectivity index (χ1v) is 8.27. The van der Waals surface area contributed by atoms with Gasteiger partial charge >= 0.3 is 0 Å². The topological polar surface area (TPSA) is 47.0 Å². The predicted octanol–water partition coefficient (Wildman–Crippen LogP) is 4.90. The fourth-order valence-electron chi connectivity index (χ4n) is 1.80. The van der Waals surface area contributed by atoms with Crippen molar-refractivity contribution in [2.24, 2.45) is 0 Å². The summed E-state index contributed by atoms with van der Waals surface area (Å²) in [6.45, 7) is 3.17. The molecule has 1 N–H and O–H groups in total. The van der Waals surface area contributed by atoms with Gasteiger partial charge in [0.15, 0.2) is 5.82 Å². The summed E-state index contributed by atoms with van der Waals surface area (Å²) in [5.41, 5.74) is 1.62. The summed E-state index contributed by atoms with van der Waals surface area (Å²) in [6, 6.07) is 5.53. The fraction of sp³-hybridized carbons (Fsp3) is 0.286. The average molecular weight is 436 g/mol. The molecule has 0 atom stereocenters. The standard InChI is InChI=1S/C14H14Br2ClN3O/c1-3-18-14-12(16)11(7-21-2)19-13(20-14)9-6-8(17)4-5-10(9)15/h4-6H,3,7H2,1-2H3,(H,18,19,20). The third kappa shape index (κ3) is 3.94. The van der Waals surface area contributed by atoms with Gasteiger partial charge in [-0.3, -0.25) is 0 Å². The highest BCUT2D eigenvalue weighted by Crippen LogP contribution is 2.32. The summed E-state index contributed by atoms with van der Waals surface area (Å²) in [5.74, 6) is 1.33. The third-order valence-corrected chi connectivity index (χ3v) is 4.47. The quantitative estimate of drug-likeness (QED) is 0.726. The number of anilines is 1. The maximum Gasteiger partial charge on any atom is 0.163 e. The van der Waals surface area contributed by atoms with Crippen LogP contribution in [0.15, 0.2) is 27.1 Å². The number of ether oxygens (including phenoxy) is 1. The first-order valence-electron chi connectivity index (χ1n) is 6.31. The fourth-order valence-corrected chi connectivity index (χ4v) is 2.83. The van der Waals surface area contributed by atoms with Crippen molar-refractivity contribution >= 4 is 49.3 Å². The predicted molar refractivity (Wildman–Crippen MR) is 92.8 cm³/mol. The maximum absolute atomic E-state index is 6.07. The van der Waals surface area contributed by atoms with Gasteiger partial charge in [-0.2, -0.15) is 0 Å². The highest BCUT2D eigenvalue weighted by molar-refractivity contribution is 9.11. The SMILES string of the molecule is CCNc1nc(-c2cc(Cl)ccc2Br)nc(COC)c1Br. The van der Waals surface area contributed by atoms with E-state index in [9.17, 15) is 0 Å². The van der Waals surface area contributed by atoms with Gasteiger partial charge in [-0.1, -0.05) is 27.5 Å². The van der Waals surface area contributed by atoms with E-state index in [0.717, 1.165) is 32.6 Å². The number of aromatic nitrogens is 2. The molecule has 0 aliphatic carbocycles. The minimum absolute atomic E-state index is 0.396. The van der Waals surface area contributed by atoms with Crippen LogP contribution in [0, 0.1) is 0 Å². The first kappa shape index (κ1) is 16.7. The number of methoxy groups -OCH3 is 1. The Hall–Kier alpha value is -0.690. The lowest BCUT2D eigenvalue weighted by Gasteiger charge is -2.13. The summed E-state index contributed by atoms with van der Waals surface area (Å²) < 4.78 is 6.90. The van der Waals surface area contributed by atoms with E-state index in [4.69, 9.17) is 16.3 Å². The summed E-state index contributed by atoms with van der Waals surface area (Å²) in [4.78, 5) is 9.13. The van der Waals surface area contributed by atoms with E-state index in [1.54, 1.807) is 7.11 Å². The molecule has 21 heavy (non-hydrogen) atoms. The van der Waals surface area contributed by atoms with Gasteiger partial charge in [-0.25, -0.2) is 9.97 Å². The monoisotopic (exact) mass is 433 g/mol. The Balaban J connectivity index is 2.59. The van der Waals surface area contributed by atoms with Gasteiger partial charge in [0.05, 0.1) is 16.8 Å². The zero-order valence-electron chi connectivity index (χ0n) is 11.6. The lowest BCUT2D eigenvalue weighted by molar-refractivity contribution is 0.181. The van der Waals surface area contributed by atoms with Crippen molar-refractivity contribution in [2.75, 3.05) is 19.0 Å². The van der Waals surface area contributed by atoms with Crippen LogP contribution in [0.4, 0.5) is 5.82 Å². The Bertz CT molecular complexity index is 625. The number of benzene rings is 1. The first-order chi connectivity index (χ1) is 10.1. The molecule has 0 saturated heterocycles. The number of nitrogens with zero attached hydrogens (tertiary/aromatic N) is 2. The van der Waals surface area contributed by atoms with Crippen LogP contribution < -0.4 is 5.32 Å². The van der Waals surface area contributed by atoms with Crippen molar-refractivity contribution in [3.63, 3.8) is 0 Å². The second-order valence-electron chi connectivity index (χ2n) is 4.24. The Morgan fingerprint density at radius 2 is 2.05 bits per heavy atom. The Labute approximate surface area is 145 Å². The van der Waals surface area contributed by atoms with Gasteiger partial charge < -0.3 is 10.1 Å². The molecule has 2 aromatic rings. The van der Waals surface area contributed by atoms with Crippen LogP contribution in [0.5, 0.6) is 0 Å². The molecule has 1 aromatic carbocycles. The van der Waals surface area contributed by atoms with E-state index in [-0.39, 0.29) is 0 Å². The summed E-state index contributed by atoms with van der Waals surface area (Å²) in [7, 11) is 1.64. The van der Waals surface area contributed by atoms with E-state index in [1.165, 1.54) is 0 Å². The van der Waals surface area contributed by atoms with Gasteiger partial charge in [0.25, 0.3) is 0 Å². The van der Waals surface area contributed by atoms with Crippen LogP contribution in [0.2, 0.25) is 5.02 Å². The molecule has 7 heteroatoms. The highest BCUT2D eigenvalue weighted by Gasteiger charge is 2.15. The smallest absolute Gasteiger partial charge is 0.163 e. The number of nitrogens with one attached hydrogen (secondary N) is 1. The number of hydrogen-bond acceptors (Lipinski definition) is 4. The Morgan fingerprint density at radius 1 is 1.29 bits per heavy atom. The van der Waals surface area contributed by atoms with E-state index < -0.39 is 0 Å². The maximum atomic E-state index is 6.07. The zero-order chi connectivity index (χ0) is 15.4. The van der Waals surface area contributed by atoms with Crippen LogP contribution in [-0.2, 0) is 11.3 Å². The normalized spacial score (nSPS) is 10.7. The van der Waals surface area contributed by atoms with Crippen molar-refractivity contribution < 1.29 is 4.74 Å². The Morgan fingerprint density at radius 3 is 2.71 bits per heavy atom. The van der Waals surface area contributed by atoms with Crippen LogP contribution in [-0.4, -0.2) is 23.6 Å². The van der Waals surface area contributed by atoms with Crippen molar-refractivity contribution in [1.82, 2.24) is 9.97 Å². The lowest BCUT2D eigenvalue weighted by Crippen LogP contribution is -2.07. The van der Waals surface area contributed by atoms with Gasteiger partial charge in [0.1, 0.15) is 5.82 Å². The third-order valence-electron chi connectivity index (χ3n) is 2.71. The highest BCUT2D eigenvalue weighted by atomic mass is 79.9. The largest absolute Gasteiger partial charge is 0.378 e. The molecule has 0 radical (unpaired) electrons. The van der Waals surface area contributed by atoms with Crippen LogP contribution in [0.3, 0.4) is 0 Å². The van der Waals surface area contributed by atoms with Crippen molar-refractivity contribution in [3.05, 3.63) is 37.9 Å². The van der Waals surface area contributed by atoms with Gasteiger partial charge in [0.2, 0.25) is 0 Å². The van der Waals surface area contributed by atoms with E-state index in [0.29, 0.717) is 17.5 Å². The summed E-state index contributed by atoms with van der Waals surface area (Å²) in [5, 5.41) is 3.85. The molecule has 1 heterocycles. The number of rotatable bonds is 5.